The molecule has 2 aromatic carbocycles. The fraction of sp³-hybridized carbons (Fsp3) is 0.143. The highest BCUT2D eigenvalue weighted by molar-refractivity contribution is 5.41. The zero-order valence-electron chi connectivity index (χ0n) is 10.2. The summed E-state index contributed by atoms with van der Waals surface area (Å²) < 4.78 is 55.9. The van der Waals surface area contributed by atoms with E-state index < -0.39 is 17.6 Å². The van der Waals surface area contributed by atoms with Crippen LogP contribution in [-0.2, 0) is 12.8 Å². The zero-order valence-corrected chi connectivity index (χ0v) is 10.2. The van der Waals surface area contributed by atoms with Crippen molar-refractivity contribution >= 4 is 5.69 Å². The van der Waals surface area contributed by atoms with E-state index in [1.807, 2.05) is 0 Å². The first-order chi connectivity index (χ1) is 9.34. The molecule has 2 N–H and O–H groups in total. The molecule has 0 aliphatic heterocycles. The van der Waals surface area contributed by atoms with Crippen molar-refractivity contribution < 1.29 is 22.3 Å². The van der Waals surface area contributed by atoms with E-state index >= 15 is 0 Å². The van der Waals surface area contributed by atoms with Crippen LogP contribution < -0.4 is 10.5 Å². The van der Waals surface area contributed by atoms with Crippen molar-refractivity contribution in [3.8, 4) is 5.75 Å². The summed E-state index contributed by atoms with van der Waals surface area (Å²) in [6, 6.07) is 8.35. The second-order valence-corrected chi connectivity index (χ2v) is 4.21. The Morgan fingerprint density at radius 2 is 1.80 bits per heavy atom. The Morgan fingerprint density at radius 1 is 1.05 bits per heavy atom. The van der Waals surface area contributed by atoms with E-state index in [1.165, 1.54) is 24.3 Å². The van der Waals surface area contributed by atoms with Crippen molar-refractivity contribution in [3.05, 3.63) is 59.4 Å². The normalized spacial score (nSPS) is 11.4. The van der Waals surface area contributed by atoms with Crippen molar-refractivity contribution in [2.24, 2.45) is 0 Å². The smallest absolute Gasteiger partial charge is 0.416 e. The molecule has 6 heteroatoms. The van der Waals surface area contributed by atoms with Crippen molar-refractivity contribution in [1.29, 1.82) is 0 Å². The van der Waals surface area contributed by atoms with Gasteiger partial charge in [0.25, 0.3) is 0 Å². The number of anilines is 1. The Bertz CT molecular complexity index is 590. The van der Waals surface area contributed by atoms with Gasteiger partial charge in [0, 0.05) is 5.69 Å². The van der Waals surface area contributed by atoms with Gasteiger partial charge in [-0.1, -0.05) is 6.07 Å². The molecule has 0 unspecified atom stereocenters. The zero-order chi connectivity index (χ0) is 14.8. The van der Waals surface area contributed by atoms with Gasteiger partial charge in [-0.25, -0.2) is 4.39 Å². The highest BCUT2D eigenvalue weighted by Gasteiger charge is 2.30. The first-order valence-electron chi connectivity index (χ1n) is 5.69. The van der Waals surface area contributed by atoms with Gasteiger partial charge in [0.05, 0.1) is 5.56 Å². The van der Waals surface area contributed by atoms with E-state index in [2.05, 4.69) is 0 Å². The van der Waals surface area contributed by atoms with E-state index in [0.717, 1.165) is 18.2 Å². The lowest BCUT2D eigenvalue weighted by Crippen LogP contribution is -2.05. The van der Waals surface area contributed by atoms with Gasteiger partial charge in [0.2, 0.25) is 0 Å². The van der Waals surface area contributed by atoms with Gasteiger partial charge < -0.3 is 10.5 Å². The largest absolute Gasteiger partial charge is 0.489 e. The van der Waals surface area contributed by atoms with Crippen molar-refractivity contribution in [2.75, 3.05) is 5.73 Å². The molecular weight excluding hydrogens is 274 g/mol. The van der Waals surface area contributed by atoms with Crippen LogP contribution in [0, 0.1) is 5.82 Å². The molecule has 2 aromatic rings. The topological polar surface area (TPSA) is 35.2 Å². The van der Waals surface area contributed by atoms with Crippen LogP contribution in [0.25, 0.3) is 0 Å². The third kappa shape index (κ3) is 3.63. The Morgan fingerprint density at radius 3 is 2.45 bits per heavy atom. The van der Waals surface area contributed by atoms with Gasteiger partial charge in [0.15, 0.2) is 0 Å². The minimum absolute atomic E-state index is 0.0580. The lowest BCUT2D eigenvalue weighted by molar-refractivity contribution is -0.137. The van der Waals surface area contributed by atoms with Crippen molar-refractivity contribution in [3.63, 3.8) is 0 Å². The summed E-state index contributed by atoms with van der Waals surface area (Å²) >= 11 is 0. The van der Waals surface area contributed by atoms with Gasteiger partial charge in [-0.15, -0.1) is 0 Å². The van der Waals surface area contributed by atoms with Gasteiger partial charge in [-0.3, -0.25) is 0 Å². The van der Waals surface area contributed by atoms with E-state index in [1.54, 1.807) is 0 Å². The van der Waals surface area contributed by atoms with E-state index in [0.29, 0.717) is 5.56 Å². The molecular formula is C14H11F4NO. The molecule has 0 aliphatic carbocycles. The third-order valence-electron chi connectivity index (χ3n) is 2.55. The number of nitrogen functional groups attached to an aromatic ring is 1. The van der Waals surface area contributed by atoms with Crippen LogP contribution >= 0.6 is 0 Å². The van der Waals surface area contributed by atoms with Crippen LogP contribution in [0.3, 0.4) is 0 Å². The van der Waals surface area contributed by atoms with Gasteiger partial charge >= 0.3 is 6.18 Å². The predicted octanol–water partition coefficient (Wildman–Crippen LogP) is 4.01. The van der Waals surface area contributed by atoms with E-state index in [-0.39, 0.29) is 18.0 Å². The number of benzene rings is 2. The summed E-state index contributed by atoms with van der Waals surface area (Å²) in [7, 11) is 0. The van der Waals surface area contributed by atoms with Crippen molar-refractivity contribution in [2.45, 2.75) is 12.8 Å². The number of nitrogens with two attached hydrogens (primary N) is 1. The van der Waals surface area contributed by atoms with E-state index in [9.17, 15) is 17.6 Å². The number of alkyl halides is 3. The summed E-state index contributed by atoms with van der Waals surface area (Å²) in [5.41, 5.74) is 5.34. The molecule has 106 valence electrons. The maximum atomic E-state index is 13.1. The Labute approximate surface area is 112 Å². The number of ether oxygens (including phenoxy) is 1. The van der Waals surface area contributed by atoms with Crippen molar-refractivity contribution in [1.82, 2.24) is 0 Å². The average molecular weight is 285 g/mol. The summed E-state index contributed by atoms with van der Waals surface area (Å²) in [4.78, 5) is 0. The molecule has 0 saturated carbocycles. The fourth-order valence-electron chi connectivity index (χ4n) is 1.69. The minimum atomic E-state index is -4.43. The molecule has 0 aliphatic rings. The molecule has 2 nitrogen and oxygen atoms in total. The van der Waals surface area contributed by atoms with Crippen LogP contribution in [0.4, 0.5) is 23.2 Å². The second kappa shape index (κ2) is 5.40. The third-order valence-corrected chi connectivity index (χ3v) is 2.55. The molecule has 0 radical (unpaired) electrons. The Hall–Kier alpha value is -2.24. The molecule has 2 rings (SSSR count). The molecule has 0 amide bonds. The molecule has 0 spiro atoms. The number of hydrogen-bond acceptors (Lipinski definition) is 2. The Kier molecular flexibility index (Phi) is 3.83. The van der Waals surface area contributed by atoms with Crippen LogP contribution in [-0.4, -0.2) is 0 Å². The van der Waals surface area contributed by atoms with Gasteiger partial charge in [-0.2, -0.15) is 13.2 Å². The molecule has 0 bridgehead atoms. The Balaban J connectivity index is 2.11. The highest BCUT2D eigenvalue weighted by Crippen LogP contribution is 2.31. The lowest BCUT2D eigenvalue weighted by Gasteiger charge is -2.10. The highest BCUT2D eigenvalue weighted by atomic mass is 19.4. The molecule has 0 saturated heterocycles. The van der Waals surface area contributed by atoms with Crippen LogP contribution in [0.5, 0.6) is 5.75 Å². The van der Waals surface area contributed by atoms with E-state index in [4.69, 9.17) is 10.5 Å². The lowest BCUT2D eigenvalue weighted by atomic mass is 10.2. The quantitative estimate of drug-likeness (QED) is 0.683. The maximum absolute atomic E-state index is 13.1. The summed E-state index contributed by atoms with van der Waals surface area (Å²) in [5.74, 6) is -0.463. The summed E-state index contributed by atoms with van der Waals surface area (Å²) in [6.07, 6.45) is -4.43. The first kappa shape index (κ1) is 14.2. The fourth-order valence-corrected chi connectivity index (χ4v) is 1.69. The minimum Gasteiger partial charge on any atom is -0.489 e. The monoisotopic (exact) mass is 285 g/mol. The van der Waals surface area contributed by atoms with Gasteiger partial charge in [-0.05, 0) is 42.0 Å². The van der Waals surface area contributed by atoms with Crippen LogP contribution in [0.2, 0.25) is 0 Å². The maximum Gasteiger partial charge on any atom is 0.416 e. The molecule has 0 aromatic heterocycles. The number of hydrogen-bond donors (Lipinski definition) is 1. The molecule has 20 heavy (non-hydrogen) atoms. The SMILES string of the molecule is Nc1cc(F)cc(COc2cccc(C(F)(F)F)c2)c1. The predicted molar refractivity (Wildman–Crippen MR) is 66.6 cm³/mol. The standard InChI is InChI=1S/C14H11F4NO/c15-11-4-9(5-12(19)7-11)8-20-13-3-1-2-10(6-13)14(16,17)18/h1-7H,8,19H2. The first-order valence-corrected chi connectivity index (χ1v) is 5.69. The summed E-state index contributed by atoms with van der Waals surface area (Å²) in [5, 5.41) is 0. The summed E-state index contributed by atoms with van der Waals surface area (Å²) in [6.45, 7) is -0.0662. The van der Waals surface area contributed by atoms with Crippen LogP contribution in [0.15, 0.2) is 42.5 Å². The molecule has 0 heterocycles. The van der Waals surface area contributed by atoms with Crippen LogP contribution in [0.1, 0.15) is 11.1 Å². The number of rotatable bonds is 3. The van der Waals surface area contributed by atoms with Gasteiger partial charge in [0.1, 0.15) is 18.2 Å². The molecule has 0 fully saturated rings. The number of halogens is 4. The second-order valence-electron chi connectivity index (χ2n) is 4.21. The molecule has 0 atom stereocenters. The average Bonchev–Trinajstić information content (AvgIpc) is 2.35.